The second kappa shape index (κ2) is 5.25. The van der Waals surface area contributed by atoms with Crippen LogP contribution in [0.15, 0.2) is 29.2 Å². The SMILES string of the molecule is O=CCCNS(=O)(=O)c1ccccc1Cl. The van der Waals surface area contributed by atoms with E-state index in [0.717, 1.165) is 0 Å². The maximum Gasteiger partial charge on any atom is 0.242 e. The number of carbonyl (C=O) groups is 1. The molecule has 0 spiro atoms. The minimum absolute atomic E-state index is 0.0255. The number of sulfonamides is 1. The van der Waals surface area contributed by atoms with Crippen molar-refractivity contribution in [3.8, 4) is 0 Å². The van der Waals surface area contributed by atoms with Crippen molar-refractivity contribution in [1.29, 1.82) is 0 Å². The smallest absolute Gasteiger partial charge is 0.242 e. The fourth-order valence-electron chi connectivity index (χ4n) is 0.993. The quantitative estimate of drug-likeness (QED) is 0.628. The number of hydrogen-bond donors (Lipinski definition) is 1. The largest absolute Gasteiger partial charge is 0.303 e. The number of nitrogens with one attached hydrogen (secondary N) is 1. The number of halogens is 1. The minimum Gasteiger partial charge on any atom is -0.303 e. The van der Waals surface area contributed by atoms with E-state index < -0.39 is 10.0 Å². The number of aldehydes is 1. The average molecular weight is 248 g/mol. The van der Waals surface area contributed by atoms with Gasteiger partial charge in [0.15, 0.2) is 0 Å². The monoisotopic (exact) mass is 247 g/mol. The van der Waals surface area contributed by atoms with Crippen LogP contribution in [0.1, 0.15) is 6.42 Å². The molecule has 0 bridgehead atoms. The molecule has 1 aromatic rings. The van der Waals surface area contributed by atoms with E-state index in [1.807, 2.05) is 0 Å². The summed E-state index contributed by atoms with van der Waals surface area (Å²) >= 11 is 5.73. The van der Waals surface area contributed by atoms with Crippen LogP contribution < -0.4 is 4.72 Å². The first-order valence-corrected chi connectivity index (χ1v) is 6.12. The highest BCUT2D eigenvalue weighted by Gasteiger charge is 2.15. The van der Waals surface area contributed by atoms with Gasteiger partial charge in [-0.2, -0.15) is 0 Å². The van der Waals surface area contributed by atoms with Crippen molar-refractivity contribution in [2.24, 2.45) is 0 Å². The van der Waals surface area contributed by atoms with Gasteiger partial charge in [0.25, 0.3) is 0 Å². The van der Waals surface area contributed by atoms with E-state index in [9.17, 15) is 13.2 Å². The lowest BCUT2D eigenvalue weighted by atomic mass is 10.4. The third-order valence-corrected chi connectivity index (χ3v) is 3.64. The van der Waals surface area contributed by atoms with E-state index in [0.29, 0.717) is 6.29 Å². The van der Waals surface area contributed by atoms with Gasteiger partial charge in [-0.25, -0.2) is 13.1 Å². The van der Waals surface area contributed by atoms with E-state index in [2.05, 4.69) is 4.72 Å². The van der Waals surface area contributed by atoms with Gasteiger partial charge in [0.05, 0.1) is 5.02 Å². The molecule has 0 aromatic heterocycles. The number of carbonyl (C=O) groups excluding carboxylic acids is 1. The first-order chi connectivity index (χ1) is 7.08. The van der Waals surface area contributed by atoms with Gasteiger partial charge in [0.1, 0.15) is 11.2 Å². The van der Waals surface area contributed by atoms with Gasteiger partial charge in [0, 0.05) is 13.0 Å². The summed E-state index contributed by atoms with van der Waals surface area (Å²) in [6, 6.07) is 6.13. The lowest BCUT2D eigenvalue weighted by molar-refractivity contribution is -0.107. The molecule has 0 fully saturated rings. The third kappa shape index (κ3) is 3.30. The molecule has 0 aliphatic heterocycles. The molecule has 1 aromatic carbocycles. The molecule has 0 unspecified atom stereocenters. The van der Waals surface area contributed by atoms with Crippen molar-refractivity contribution in [1.82, 2.24) is 4.72 Å². The highest BCUT2D eigenvalue weighted by molar-refractivity contribution is 7.89. The number of benzene rings is 1. The summed E-state index contributed by atoms with van der Waals surface area (Å²) in [6.45, 7) is 0.0804. The molecule has 0 radical (unpaired) electrons. The van der Waals surface area contributed by atoms with Crippen molar-refractivity contribution < 1.29 is 13.2 Å². The lowest BCUT2D eigenvalue weighted by Gasteiger charge is -2.06. The topological polar surface area (TPSA) is 63.2 Å². The summed E-state index contributed by atoms with van der Waals surface area (Å²) in [5.74, 6) is 0. The summed E-state index contributed by atoms with van der Waals surface area (Å²) in [5.41, 5.74) is 0. The van der Waals surface area contributed by atoms with E-state index in [-0.39, 0.29) is 22.9 Å². The van der Waals surface area contributed by atoms with Crippen molar-refractivity contribution in [2.45, 2.75) is 11.3 Å². The molecule has 1 rings (SSSR count). The molecule has 0 saturated carbocycles. The zero-order chi connectivity index (χ0) is 11.3. The summed E-state index contributed by atoms with van der Waals surface area (Å²) in [7, 11) is -3.60. The molecule has 0 amide bonds. The van der Waals surface area contributed by atoms with Crippen LogP contribution in [0, 0.1) is 0 Å². The van der Waals surface area contributed by atoms with Crippen LogP contribution in [0.25, 0.3) is 0 Å². The van der Waals surface area contributed by atoms with Crippen LogP contribution in [0.3, 0.4) is 0 Å². The molecule has 1 N–H and O–H groups in total. The molecule has 15 heavy (non-hydrogen) atoms. The molecule has 0 aliphatic carbocycles. The lowest BCUT2D eigenvalue weighted by Crippen LogP contribution is -2.25. The molecule has 0 saturated heterocycles. The summed E-state index contributed by atoms with van der Waals surface area (Å²) in [4.78, 5) is 10.1. The Hall–Kier alpha value is -0.910. The molecule has 4 nitrogen and oxygen atoms in total. The zero-order valence-electron chi connectivity index (χ0n) is 7.81. The Bertz CT molecular complexity index is 444. The third-order valence-electron chi connectivity index (χ3n) is 1.68. The highest BCUT2D eigenvalue weighted by Crippen LogP contribution is 2.19. The number of rotatable bonds is 5. The molecule has 0 atom stereocenters. The van der Waals surface area contributed by atoms with Gasteiger partial charge in [-0.3, -0.25) is 0 Å². The minimum atomic E-state index is -3.60. The van der Waals surface area contributed by atoms with Gasteiger partial charge in [-0.1, -0.05) is 23.7 Å². The van der Waals surface area contributed by atoms with Crippen LogP contribution >= 0.6 is 11.6 Å². The second-order valence-corrected chi connectivity index (χ2v) is 4.93. The fourth-order valence-corrected chi connectivity index (χ4v) is 2.56. The Morgan fingerprint density at radius 3 is 2.60 bits per heavy atom. The molecular formula is C9H10ClNO3S. The van der Waals surface area contributed by atoms with E-state index >= 15 is 0 Å². The van der Waals surface area contributed by atoms with Crippen LogP contribution in [0.4, 0.5) is 0 Å². The Balaban J connectivity index is 2.87. The highest BCUT2D eigenvalue weighted by atomic mass is 35.5. The molecule has 0 aliphatic rings. The Morgan fingerprint density at radius 2 is 2.00 bits per heavy atom. The van der Waals surface area contributed by atoms with Gasteiger partial charge in [-0.05, 0) is 12.1 Å². The van der Waals surface area contributed by atoms with Gasteiger partial charge < -0.3 is 4.79 Å². The van der Waals surface area contributed by atoms with E-state index in [1.165, 1.54) is 12.1 Å². The zero-order valence-corrected chi connectivity index (χ0v) is 9.38. The normalized spacial score (nSPS) is 11.3. The van der Waals surface area contributed by atoms with Gasteiger partial charge in [0.2, 0.25) is 10.0 Å². The standard InChI is InChI=1S/C9H10ClNO3S/c10-8-4-1-2-5-9(8)15(13,14)11-6-3-7-12/h1-2,4-5,7,11H,3,6H2. The maximum absolute atomic E-state index is 11.6. The second-order valence-electron chi connectivity index (χ2n) is 2.78. The first-order valence-electron chi connectivity index (χ1n) is 4.26. The van der Waals surface area contributed by atoms with E-state index in [4.69, 9.17) is 11.6 Å². The first kappa shape index (κ1) is 12.2. The van der Waals surface area contributed by atoms with E-state index in [1.54, 1.807) is 12.1 Å². The Kier molecular flexibility index (Phi) is 4.26. The average Bonchev–Trinajstić information content (AvgIpc) is 2.18. The summed E-state index contributed by atoms with van der Waals surface area (Å²) < 4.78 is 25.5. The van der Waals surface area contributed by atoms with Crippen LogP contribution in [0.2, 0.25) is 5.02 Å². The maximum atomic E-state index is 11.6. The van der Waals surface area contributed by atoms with Crippen molar-refractivity contribution in [3.05, 3.63) is 29.3 Å². The predicted molar refractivity (Wildman–Crippen MR) is 57.3 cm³/mol. The van der Waals surface area contributed by atoms with Crippen molar-refractivity contribution >= 4 is 27.9 Å². The van der Waals surface area contributed by atoms with Crippen LogP contribution in [-0.4, -0.2) is 21.2 Å². The van der Waals surface area contributed by atoms with Crippen LogP contribution in [-0.2, 0) is 14.8 Å². The Morgan fingerprint density at radius 1 is 1.33 bits per heavy atom. The van der Waals surface area contributed by atoms with Crippen LogP contribution in [0.5, 0.6) is 0 Å². The summed E-state index contributed by atoms with van der Waals surface area (Å²) in [5, 5.41) is 0.163. The fraction of sp³-hybridized carbons (Fsp3) is 0.222. The Labute approximate surface area is 93.3 Å². The molecule has 0 heterocycles. The van der Waals surface area contributed by atoms with Crippen molar-refractivity contribution in [3.63, 3.8) is 0 Å². The van der Waals surface area contributed by atoms with Gasteiger partial charge in [-0.15, -0.1) is 0 Å². The summed E-state index contributed by atoms with van der Waals surface area (Å²) in [6.07, 6.45) is 0.790. The molecule has 6 heteroatoms. The van der Waals surface area contributed by atoms with Crippen molar-refractivity contribution in [2.75, 3.05) is 6.54 Å². The van der Waals surface area contributed by atoms with Gasteiger partial charge >= 0.3 is 0 Å². The predicted octanol–water partition coefficient (Wildman–Crippen LogP) is 1.21. The number of hydrogen-bond acceptors (Lipinski definition) is 3. The molecular weight excluding hydrogens is 238 g/mol. The molecule has 82 valence electrons.